The van der Waals surface area contributed by atoms with Gasteiger partial charge in [0.25, 0.3) is 0 Å². The largest absolute Gasteiger partial charge is 0.472 e. The van der Waals surface area contributed by atoms with Crippen LogP contribution in [0.1, 0.15) is 351 Å². The van der Waals surface area contributed by atoms with Crippen LogP contribution in [0.15, 0.2) is 0 Å². The van der Waals surface area contributed by atoms with E-state index in [9.17, 15) is 43.2 Å². The van der Waals surface area contributed by atoms with Gasteiger partial charge in [0, 0.05) is 25.7 Å². The SMILES string of the molecule is CCC(C)CCCCCCCCCCCCCCCCC(=O)O[C@H](COC(=O)CCCCCCCCC(C)CC)COP(=O)(O)OC[C@@H](O)COP(=O)(O)OC[C@@H](COC(=O)CCCCCCCCC(C)CC)OC(=O)CCCCCCCCCCC(C)CC. The van der Waals surface area contributed by atoms with E-state index in [2.05, 4.69) is 55.4 Å². The Balaban J connectivity index is 5.24. The molecule has 0 radical (unpaired) electrons. The number of rotatable bonds is 68. The Labute approximate surface area is 549 Å². The lowest BCUT2D eigenvalue weighted by Crippen LogP contribution is -2.30. The van der Waals surface area contributed by atoms with Crippen molar-refractivity contribution in [2.24, 2.45) is 23.7 Å². The number of aliphatic hydroxyl groups is 1. The molecule has 0 saturated heterocycles. The highest BCUT2D eigenvalue weighted by Crippen LogP contribution is 2.45. The van der Waals surface area contributed by atoms with Crippen molar-refractivity contribution in [3.63, 3.8) is 0 Å². The highest BCUT2D eigenvalue weighted by molar-refractivity contribution is 7.47. The Bertz CT molecular complexity index is 1790. The maximum Gasteiger partial charge on any atom is 0.472 e. The summed E-state index contributed by atoms with van der Waals surface area (Å²) in [5.74, 6) is 0.946. The van der Waals surface area contributed by atoms with Gasteiger partial charge in [-0.25, -0.2) is 9.13 Å². The van der Waals surface area contributed by atoms with E-state index in [4.69, 9.17) is 37.0 Å². The van der Waals surface area contributed by atoms with Gasteiger partial charge in [0.15, 0.2) is 12.2 Å². The normalized spacial score (nSPS) is 15.5. The number of phosphoric acid groups is 2. The Morgan fingerprint density at radius 1 is 0.300 bits per heavy atom. The molecule has 0 spiro atoms. The zero-order chi connectivity index (χ0) is 66.8. The maximum atomic E-state index is 13.0. The molecule has 0 fully saturated rings. The summed E-state index contributed by atoms with van der Waals surface area (Å²) in [4.78, 5) is 72.6. The first kappa shape index (κ1) is 88.1. The number of phosphoric ester groups is 2. The topological polar surface area (TPSA) is 237 Å². The van der Waals surface area contributed by atoms with Crippen LogP contribution in [0.2, 0.25) is 0 Å². The first-order chi connectivity index (χ1) is 43.2. The summed E-state index contributed by atoms with van der Waals surface area (Å²) in [6.07, 6.45) is 43.0. The second-order valence-corrected chi connectivity index (χ2v) is 29.5. The molecule has 0 aromatic heterocycles. The van der Waals surface area contributed by atoms with Crippen molar-refractivity contribution < 1.29 is 80.2 Å². The fourth-order valence-corrected chi connectivity index (χ4v) is 12.1. The van der Waals surface area contributed by atoms with Crippen LogP contribution in [0.25, 0.3) is 0 Å². The van der Waals surface area contributed by atoms with Gasteiger partial charge in [-0.15, -0.1) is 0 Å². The molecular weight excluding hydrogens is 1190 g/mol. The Kier molecular flexibility index (Phi) is 59.4. The third kappa shape index (κ3) is 59.8. The van der Waals surface area contributed by atoms with E-state index in [-0.39, 0.29) is 25.7 Å². The van der Waals surface area contributed by atoms with Crippen LogP contribution in [0.5, 0.6) is 0 Å². The number of esters is 4. The third-order valence-electron chi connectivity index (χ3n) is 17.8. The molecular formula is C71H138O17P2. The lowest BCUT2D eigenvalue weighted by Gasteiger charge is -2.21. The van der Waals surface area contributed by atoms with Crippen LogP contribution in [0.3, 0.4) is 0 Å². The van der Waals surface area contributed by atoms with Crippen molar-refractivity contribution in [1.29, 1.82) is 0 Å². The minimum absolute atomic E-state index is 0.103. The molecule has 9 atom stereocenters. The summed E-state index contributed by atoms with van der Waals surface area (Å²) in [7, 11) is -9.90. The summed E-state index contributed by atoms with van der Waals surface area (Å²) in [5.41, 5.74) is 0. The highest BCUT2D eigenvalue weighted by Gasteiger charge is 2.30. The van der Waals surface area contributed by atoms with Crippen molar-refractivity contribution in [2.75, 3.05) is 39.6 Å². The van der Waals surface area contributed by atoms with Gasteiger partial charge in [0.1, 0.15) is 19.3 Å². The number of aliphatic hydroxyl groups excluding tert-OH is 1. The van der Waals surface area contributed by atoms with Crippen LogP contribution in [0.4, 0.5) is 0 Å². The zero-order valence-electron chi connectivity index (χ0n) is 58.8. The molecule has 0 rings (SSSR count). The van der Waals surface area contributed by atoms with E-state index >= 15 is 0 Å². The van der Waals surface area contributed by atoms with Crippen LogP contribution in [-0.4, -0.2) is 96.7 Å². The molecule has 0 saturated carbocycles. The van der Waals surface area contributed by atoms with Crippen LogP contribution < -0.4 is 0 Å². The molecule has 0 heterocycles. The first-order valence-electron chi connectivity index (χ1n) is 36.9. The van der Waals surface area contributed by atoms with Crippen LogP contribution >= 0.6 is 15.6 Å². The molecule has 534 valence electrons. The summed E-state index contributed by atoms with van der Waals surface area (Å²) in [5, 5.41) is 10.6. The van der Waals surface area contributed by atoms with E-state index < -0.39 is 97.5 Å². The average molecular weight is 1330 g/mol. The lowest BCUT2D eigenvalue weighted by atomic mass is 9.99. The van der Waals surface area contributed by atoms with Gasteiger partial charge in [0.05, 0.1) is 26.4 Å². The molecule has 0 aliphatic rings. The molecule has 0 aliphatic heterocycles. The minimum Gasteiger partial charge on any atom is -0.462 e. The van der Waals surface area contributed by atoms with Gasteiger partial charge in [-0.05, 0) is 49.4 Å². The number of unbranched alkanes of at least 4 members (excludes halogenated alkanes) is 30. The molecule has 3 N–H and O–H groups in total. The Morgan fingerprint density at radius 3 is 0.733 bits per heavy atom. The molecule has 19 heteroatoms. The van der Waals surface area contributed by atoms with E-state index in [1.54, 1.807) is 0 Å². The van der Waals surface area contributed by atoms with Gasteiger partial charge in [-0.3, -0.25) is 37.3 Å². The third-order valence-corrected chi connectivity index (χ3v) is 19.7. The number of hydrogen-bond donors (Lipinski definition) is 3. The van der Waals surface area contributed by atoms with Gasteiger partial charge < -0.3 is 33.8 Å². The monoisotopic (exact) mass is 1320 g/mol. The predicted octanol–water partition coefficient (Wildman–Crippen LogP) is 20.1. The number of hydrogen-bond acceptors (Lipinski definition) is 15. The number of ether oxygens (including phenoxy) is 4. The molecule has 17 nitrogen and oxygen atoms in total. The molecule has 0 aromatic rings. The van der Waals surface area contributed by atoms with E-state index in [1.165, 1.54) is 141 Å². The molecule has 6 unspecified atom stereocenters. The van der Waals surface area contributed by atoms with Crippen molar-refractivity contribution in [1.82, 2.24) is 0 Å². The Morgan fingerprint density at radius 2 is 0.500 bits per heavy atom. The molecule has 0 aromatic carbocycles. The zero-order valence-corrected chi connectivity index (χ0v) is 60.6. The second kappa shape index (κ2) is 60.7. The highest BCUT2D eigenvalue weighted by atomic mass is 31.2. The van der Waals surface area contributed by atoms with Gasteiger partial charge >= 0.3 is 39.5 Å². The first-order valence-corrected chi connectivity index (χ1v) is 39.8. The smallest absolute Gasteiger partial charge is 0.462 e. The number of carbonyl (C=O) groups is 4. The van der Waals surface area contributed by atoms with Crippen LogP contribution in [0, 0.1) is 23.7 Å². The average Bonchev–Trinajstić information content (AvgIpc) is 3.10. The summed E-state index contributed by atoms with van der Waals surface area (Å²) >= 11 is 0. The summed E-state index contributed by atoms with van der Waals surface area (Å²) in [6, 6.07) is 0. The molecule has 0 aliphatic carbocycles. The summed E-state index contributed by atoms with van der Waals surface area (Å²) in [6.45, 7) is 14.1. The van der Waals surface area contributed by atoms with E-state index in [0.29, 0.717) is 25.7 Å². The second-order valence-electron chi connectivity index (χ2n) is 26.6. The maximum absolute atomic E-state index is 13.0. The van der Waals surface area contributed by atoms with Crippen molar-refractivity contribution >= 4 is 39.5 Å². The molecule has 0 bridgehead atoms. The quantitative estimate of drug-likeness (QED) is 0.0222. The standard InChI is InChI=1S/C71H138O17P2/c1-9-61(5)47-39-31-23-19-17-15-13-14-16-18-20-25-37-45-53-70(75)87-66(57-81-68(73)51-43-35-29-27-33-41-49-63(7)11-3)59-85-89(77,78)83-55-65(72)56-84-90(79,80)86-60-67(58-82-69(74)52-44-36-30-28-34-42-50-64(8)12-4)88-71(76)54-46-38-26-22-21-24-32-40-48-62(6)10-2/h61-67,72H,9-60H2,1-8H3,(H,77,78)(H,79,80)/t61?,62?,63?,64?,65-,66-,67-/m1/s1. The number of carbonyl (C=O) groups excluding carboxylic acids is 4. The van der Waals surface area contributed by atoms with Gasteiger partial charge in [-0.1, -0.05) is 299 Å². The van der Waals surface area contributed by atoms with Gasteiger partial charge in [-0.2, -0.15) is 0 Å². The molecule has 0 amide bonds. The van der Waals surface area contributed by atoms with Crippen LogP contribution in [-0.2, 0) is 65.4 Å². The molecule has 90 heavy (non-hydrogen) atoms. The van der Waals surface area contributed by atoms with Gasteiger partial charge in [0.2, 0.25) is 0 Å². The van der Waals surface area contributed by atoms with E-state index in [0.717, 1.165) is 126 Å². The Hall–Kier alpha value is -1.94. The lowest BCUT2D eigenvalue weighted by molar-refractivity contribution is -0.161. The van der Waals surface area contributed by atoms with Crippen molar-refractivity contribution in [3.05, 3.63) is 0 Å². The van der Waals surface area contributed by atoms with Crippen molar-refractivity contribution in [3.8, 4) is 0 Å². The predicted molar refractivity (Wildman–Crippen MR) is 363 cm³/mol. The van der Waals surface area contributed by atoms with Crippen molar-refractivity contribution in [2.45, 2.75) is 369 Å². The van der Waals surface area contributed by atoms with E-state index in [1.807, 2.05) is 0 Å². The summed E-state index contributed by atoms with van der Waals surface area (Å²) < 4.78 is 68.3. The fraction of sp³-hybridized carbons (Fsp3) is 0.944. The minimum atomic E-state index is -4.95. The fourth-order valence-electron chi connectivity index (χ4n) is 10.5.